The van der Waals surface area contributed by atoms with Crippen LogP contribution in [0, 0.1) is 11.7 Å². The summed E-state index contributed by atoms with van der Waals surface area (Å²) in [5.41, 5.74) is 7.33. The van der Waals surface area contributed by atoms with Gasteiger partial charge in [-0.05, 0) is 96.7 Å². The first-order valence-corrected chi connectivity index (χ1v) is 10.8. The van der Waals surface area contributed by atoms with Gasteiger partial charge in [0.2, 0.25) is 0 Å². The molecule has 0 radical (unpaired) electrons. The Bertz CT molecular complexity index is 852. The second kappa shape index (κ2) is 8.19. The van der Waals surface area contributed by atoms with E-state index >= 15 is 0 Å². The monoisotopic (exact) mass is 382 g/mol. The van der Waals surface area contributed by atoms with Crippen LogP contribution >= 0.6 is 11.6 Å². The molecule has 2 aromatic carbocycles. The van der Waals surface area contributed by atoms with Gasteiger partial charge in [0.15, 0.2) is 0 Å². The lowest BCUT2D eigenvalue weighted by atomic mass is 9.74. The van der Waals surface area contributed by atoms with Crippen LogP contribution in [0.15, 0.2) is 42.5 Å². The van der Waals surface area contributed by atoms with Gasteiger partial charge in [-0.2, -0.15) is 0 Å². The van der Waals surface area contributed by atoms with E-state index in [0.29, 0.717) is 11.8 Å². The summed E-state index contributed by atoms with van der Waals surface area (Å²) in [6.45, 7) is 2.23. The highest BCUT2D eigenvalue weighted by molar-refractivity contribution is 6.30. The molecule has 4 rings (SSSR count). The normalized spacial score (nSPS) is 21.9. The summed E-state index contributed by atoms with van der Waals surface area (Å²) in [5.74, 6) is 0.804. The van der Waals surface area contributed by atoms with Crippen LogP contribution in [0.5, 0.6) is 0 Å². The van der Waals surface area contributed by atoms with E-state index in [0.717, 1.165) is 24.8 Å². The second-order valence-corrected chi connectivity index (χ2v) is 8.58. The highest BCUT2D eigenvalue weighted by Gasteiger charge is 2.26. The van der Waals surface area contributed by atoms with Gasteiger partial charge in [0.05, 0.1) is 5.02 Å². The molecule has 2 atom stereocenters. The summed E-state index contributed by atoms with van der Waals surface area (Å²) >= 11 is 5.85. The van der Waals surface area contributed by atoms with Crippen LogP contribution in [0.3, 0.4) is 0 Å². The van der Waals surface area contributed by atoms with Gasteiger partial charge in [-0.15, -0.1) is 0 Å². The summed E-state index contributed by atoms with van der Waals surface area (Å²) in [4.78, 5) is 0. The van der Waals surface area contributed by atoms with Crippen LogP contribution in [0.25, 0.3) is 0 Å². The van der Waals surface area contributed by atoms with Crippen LogP contribution in [0.2, 0.25) is 5.02 Å². The number of fused-ring (bicyclic) bond motifs is 3. The molecule has 0 spiro atoms. The summed E-state index contributed by atoms with van der Waals surface area (Å²) in [5, 5.41) is 0.214. The quantitative estimate of drug-likeness (QED) is 0.490. The Morgan fingerprint density at radius 2 is 1.78 bits per heavy atom. The zero-order valence-electron chi connectivity index (χ0n) is 16.1. The minimum Gasteiger partial charge on any atom is -0.205 e. The fraction of sp³-hybridized carbons (Fsp3) is 0.440. The van der Waals surface area contributed by atoms with E-state index in [1.165, 1.54) is 37.7 Å². The predicted molar refractivity (Wildman–Crippen MR) is 112 cm³/mol. The van der Waals surface area contributed by atoms with E-state index in [2.05, 4.69) is 31.2 Å². The highest BCUT2D eigenvalue weighted by Crippen LogP contribution is 2.39. The van der Waals surface area contributed by atoms with Crippen molar-refractivity contribution in [2.45, 2.75) is 64.2 Å². The SMILES string of the molecule is CCCC=C[C@H]1CCc2c(ccc3c2CC[C@H](c2ccc(Cl)c(F)c2)C3)C1. The van der Waals surface area contributed by atoms with Gasteiger partial charge >= 0.3 is 0 Å². The molecule has 0 N–H and O–H groups in total. The average molecular weight is 383 g/mol. The molecule has 2 heteroatoms. The van der Waals surface area contributed by atoms with Gasteiger partial charge in [-0.1, -0.05) is 55.3 Å². The van der Waals surface area contributed by atoms with Crippen molar-refractivity contribution in [1.82, 2.24) is 0 Å². The minimum absolute atomic E-state index is 0.214. The van der Waals surface area contributed by atoms with E-state index < -0.39 is 0 Å². The van der Waals surface area contributed by atoms with Crippen molar-refractivity contribution >= 4 is 11.6 Å². The van der Waals surface area contributed by atoms with Crippen LogP contribution in [0.1, 0.15) is 66.3 Å². The number of hydrogen-bond donors (Lipinski definition) is 0. The zero-order chi connectivity index (χ0) is 18.8. The Hall–Kier alpha value is -1.60. The van der Waals surface area contributed by atoms with Gasteiger partial charge < -0.3 is 0 Å². The Kier molecular flexibility index (Phi) is 5.68. The van der Waals surface area contributed by atoms with E-state index in [4.69, 9.17) is 11.6 Å². The number of unbranched alkanes of at least 4 members (excludes halogenated alkanes) is 1. The molecule has 142 valence electrons. The van der Waals surface area contributed by atoms with Crippen LogP contribution in [-0.4, -0.2) is 0 Å². The van der Waals surface area contributed by atoms with Crippen molar-refractivity contribution in [2.24, 2.45) is 5.92 Å². The molecule has 0 aliphatic heterocycles. The first kappa shape index (κ1) is 18.7. The maximum absolute atomic E-state index is 13.9. The molecule has 0 aromatic heterocycles. The summed E-state index contributed by atoms with van der Waals surface area (Å²) < 4.78 is 13.9. The van der Waals surface area contributed by atoms with Crippen LogP contribution < -0.4 is 0 Å². The van der Waals surface area contributed by atoms with Crippen molar-refractivity contribution < 1.29 is 4.39 Å². The Labute approximate surface area is 167 Å². The van der Waals surface area contributed by atoms with Crippen LogP contribution in [-0.2, 0) is 25.7 Å². The van der Waals surface area contributed by atoms with E-state index in [9.17, 15) is 4.39 Å². The maximum Gasteiger partial charge on any atom is 0.142 e. The zero-order valence-corrected chi connectivity index (χ0v) is 16.9. The molecule has 0 saturated heterocycles. The lowest BCUT2D eigenvalue weighted by molar-refractivity contribution is 0.531. The molecule has 0 heterocycles. The first-order chi connectivity index (χ1) is 13.2. The van der Waals surface area contributed by atoms with Gasteiger partial charge in [0.1, 0.15) is 5.82 Å². The topological polar surface area (TPSA) is 0 Å². The van der Waals surface area contributed by atoms with Crippen molar-refractivity contribution in [3.05, 3.63) is 81.1 Å². The highest BCUT2D eigenvalue weighted by atomic mass is 35.5. The number of rotatable bonds is 4. The average Bonchev–Trinajstić information content (AvgIpc) is 2.69. The molecular formula is C25H28ClF. The third-order valence-corrected chi connectivity index (χ3v) is 6.67. The van der Waals surface area contributed by atoms with E-state index in [-0.39, 0.29) is 10.8 Å². The van der Waals surface area contributed by atoms with Crippen LogP contribution in [0.4, 0.5) is 4.39 Å². The van der Waals surface area contributed by atoms with Crippen molar-refractivity contribution in [1.29, 1.82) is 0 Å². The fourth-order valence-electron chi connectivity index (χ4n) is 4.87. The Balaban J connectivity index is 1.52. The van der Waals surface area contributed by atoms with Crippen molar-refractivity contribution in [3.8, 4) is 0 Å². The molecule has 2 aliphatic carbocycles. The lowest BCUT2D eigenvalue weighted by Crippen LogP contribution is -2.20. The fourth-order valence-corrected chi connectivity index (χ4v) is 4.98. The van der Waals surface area contributed by atoms with Crippen molar-refractivity contribution in [2.75, 3.05) is 0 Å². The van der Waals surface area contributed by atoms with Gasteiger partial charge in [0, 0.05) is 0 Å². The molecule has 0 amide bonds. The smallest absolute Gasteiger partial charge is 0.142 e. The van der Waals surface area contributed by atoms with Gasteiger partial charge in [0.25, 0.3) is 0 Å². The molecule has 0 saturated carbocycles. The lowest BCUT2D eigenvalue weighted by Gasteiger charge is -2.31. The third kappa shape index (κ3) is 3.99. The van der Waals surface area contributed by atoms with Crippen molar-refractivity contribution in [3.63, 3.8) is 0 Å². The molecule has 0 fully saturated rings. The number of benzene rings is 2. The van der Waals surface area contributed by atoms with E-state index in [1.54, 1.807) is 28.8 Å². The minimum atomic E-state index is -0.299. The van der Waals surface area contributed by atoms with E-state index in [1.807, 2.05) is 6.07 Å². The number of halogens is 2. The third-order valence-electron chi connectivity index (χ3n) is 6.36. The van der Waals surface area contributed by atoms with Gasteiger partial charge in [-0.3, -0.25) is 0 Å². The molecule has 2 aliphatic rings. The molecule has 0 unspecified atom stereocenters. The molecule has 0 bridgehead atoms. The first-order valence-electron chi connectivity index (χ1n) is 10.4. The second-order valence-electron chi connectivity index (χ2n) is 8.17. The number of hydrogen-bond acceptors (Lipinski definition) is 0. The largest absolute Gasteiger partial charge is 0.205 e. The Morgan fingerprint density at radius 3 is 2.52 bits per heavy atom. The summed E-state index contributed by atoms with van der Waals surface area (Å²) in [6, 6.07) is 10.0. The molecule has 0 nitrogen and oxygen atoms in total. The standard InChI is InChI=1S/C25H28ClF/c1-2-3-4-5-17-6-11-22-20(14-17)7-8-21-15-18(9-12-23(21)22)19-10-13-24(26)25(27)16-19/h4-5,7-8,10,13,16-18H,2-3,6,9,11-12,14-15H2,1H3/t17-,18-/m0/s1. The molecule has 2 aromatic rings. The van der Waals surface area contributed by atoms with Gasteiger partial charge in [-0.25, -0.2) is 4.39 Å². The summed E-state index contributed by atoms with van der Waals surface area (Å²) in [7, 11) is 0. The maximum atomic E-state index is 13.9. The Morgan fingerprint density at radius 1 is 1.04 bits per heavy atom. The predicted octanol–water partition coefficient (Wildman–Crippen LogP) is 7.21. The molecular weight excluding hydrogens is 355 g/mol. The summed E-state index contributed by atoms with van der Waals surface area (Å²) in [6.07, 6.45) is 14.1. The number of allylic oxidation sites excluding steroid dienone is 2. The molecule has 27 heavy (non-hydrogen) atoms.